The molecule has 2 rings (SSSR count). The number of non-ortho nitro benzene ring substituents is 1. The van der Waals surface area contributed by atoms with Crippen molar-refractivity contribution in [2.75, 3.05) is 5.32 Å². The molecule has 2 aromatic rings. The Morgan fingerprint density at radius 3 is 2.76 bits per heavy atom. The van der Waals surface area contributed by atoms with Gasteiger partial charge in [0, 0.05) is 35.6 Å². The molecule has 1 heterocycles. The Hall–Kier alpha value is -2.57. The third-order valence-electron chi connectivity index (χ3n) is 2.89. The number of nitro groups is 1. The van der Waals surface area contributed by atoms with Gasteiger partial charge in [-0.3, -0.25) is 15.2 Å². The molecule has 0 aliphatic heterocycles. The minimum Gasteiger partial charge on any atom is -0.491 e. The van der Waals surface area contributed by atoms with E-state index in [9.17, 15) is 10.1 Å². The number of anilines is 1. The van der Waals surface area contributed by atoms with Gasteiger partial charge in [0.1, 0.15) is 5.75 Å². The normalized spacial score (nSPS) is 10.7. The molecule has 0 atom stereocenters. The van der Waals surface area contributed by atoms with Crippen LogP contribution in [0.4, 0.5) is 11.4 Å². The van der Waals surface area contributed by atoms with Gasteiger partial charge in [-0.1, -0.05) is 0 Å². The first-order chi connectivity index (χ1) is 9.95. The van der Waals surface area contributed by atoms with Gasteiger partial charge < -0.3 is 10.1 Å². The summed E-state index contributed by atoms with van der Waals surface area (Å²) in [6.07, 6.45) is 1.68. The minimum absolute atomic E-state index is 0.000402. The first-order valence-electron chi connectivity index (χ1n) is 6.64. The van der Waals surface area contributed by atoms with Crippen molar-refractivity contribution < 1.29 is 9.66 Å². The van der Waals surface area contributed by atoms with Crippen molar-refractivity contribution in [1.29, 1.82) is 0 Å². The summed E-state index contributed by atoms with van der Waals surface area (Å²) in [4.78, 5) is 10.6. The molecule has 0 amide bonds. The maximum absolute atomic E-state index is 11.0. The number of aromatic nitrogens is 2. The molecule has 0 unspecified atom stereocenters. The highest BCUT2D eigenvalue weighted by Crippen LogP contribution is 2.27. The smallest absolute Gasteiger partial charge is 0.275 e. The zero-order valence-corrected chi connectivity index (χ0v) is 12.2. The molecule has 0 aliphatic carbocycles. The minimum atomic E-state index is -0.429. The van der Waals surface area contributed by atoms with Gasteiger partial charge in [0.05, 0.1) is 23.3 Å². The lowest BCUT2D eigenvalue weighted by atomic mass is 10.2. The highest BCUT2D eigenvalue weighted by atomic mass is 16.6. The lowest BCUT2D eigenvalue weighted by Crippen LogP contribution is -2.07. The van der Waals surface area contributed by atoms with Crippen molar-refractivity contribution in [1.82, 2.24) is 10.2 Å². The van der Waals surface area contributed by atoms with Gasteiger partial charge in [-0.25, -0.2) is 0 Å². The number of H-pyrrole nitrogens is 1. The summed E-state index contributed by atoms with van der Waals surface area (Å²) < 4.78 is 5.54. The second kappa shape index (κ2) is 6.25. The Morgan fingerprint density at radius 2 is 2.19 bits per heavy atom. The van der Waals surface area contributed by atoms with Crippen LogP contribution in [0.3, 0.4) is 0 Å². The lowest BCUT2D eigenvalue weighted by molar-refractivity contribution is -0.384. The standard InChI is InChI=1S/C14H18N4O3/c1-9(2)21-14-5-12(4-13(6-14)18(19)20)15-7-11-8-16-17-10(11)3/h4-6,8-9,15H,7H2,1-3H3,(H,16,17). The SMILES string of the molecule is Cc1[nH]ncc1CNc1cc(OC(C)C)cc([N+](=O)[O-])c1. The zero-order chi connectivity index (χ0) is 15.4. The molecular formula is C14H18N4O3. The van der Waals surface area contributed by atoms with E-state index in [0.717, 1.165) is 11.3 Å². The third kappa shape index (κ3) is 3.95. The van der Waals surface area contributed by atoms with Crippen molar-refractivity contribution in [3.63, 3.8) is 0 Å². The number of benzene rings is 1. The molecule has 0 radical (unpaired) electrons. The Balaban J connectivity index is 2.19. The van der Waals surface area contributed by atoms with Gasteiger partial charge in [-0.05, 0) is 20.8 Å². The molecule has 1 aromatic carbocycles. The quantitative estimate of drug-likeness (QED) is 0.630. The molecule has 0 bridgehead atoms. The van der Waals surface area contributed by atoms with E-state index in [0.29, 0.717) is 18.0 Å². The van der Waals surface area contributed by atoms with Gasteiger partial charge in [0.15, 0.2) is 0 Å². The molecule has 7 heteroatoms. The summed E-state index contributed by atoms with van der Waals surface area (Å²) in [5.41, 5.74) is 2.61. The van der Waals surface area contributed by atoms with E-state index in [1.807, 2.05) is 20.8 Å². The Bertz CT molecular complexity index is 637. The molecule has 0 fully saturated rings. The van der Waals surface area contributed by atoms with Crippen molar-refractivity contribution in [2.45, 2.75) is 33.4 Å². The fraction of sp³-hybridized carbons (Fsp3) is 0.357. The zero-order valence-electron chi connectivity index (χ0n) is 12.2. The largest absolute Gasteiger partial charge is 0.491 e. The Morgan fingerprint density at radius 1 is 1.43 bits per heavy atom. The average Bonchev–Trinajstić information content (AvgIpc) is 2.81. The van der Waals surface area contributed by atoms with Gasteiger partial charge in [0.2, 0.25) is 0 Å². The van der Waals surface area contributed by atoms with E-state index in [-0.39, 0.29) is 11.8 Å². The second-order valence-electron chi connectivity index (χ2n) is 5.01. The summed E-state index contributed by atoms with van der Waals surface area (Å²) in [5, 5.41) is 20.9. The van der Waals surface area contributed by atoms with Gasteiger partial charge in [0.25, 0.3) is 5.69 Å². The Kier molecular flexibility index (Phi) is 4.42. The number of nitro benzene ring substituents is 1. The molecule has 2 N–H and O–H groups in total. The predicted molar refractivity (Wildman–Crippen MR) is 79.5 cm³/mol. The third-order valence-corrected chi connectivity index (χ3v) is 2.89. The summed E-state index contributed by atoms with van der Waals surface area (Å²) in [5.74, 6) is 0.477. The molecule has 0 aliphatic rings. The van der Waals surface area contributed by atoms with E-state index in [2.05, 4.69) is 15.5 Å². The van der Waals surface area contributed by atoms with Crippen LogP contribution in [0.2, 0.25) is 0 Å². The maximum Gasteiger partial charge on any atom is 0.275 e. The van der Waals surface area contributed by atoms with Crippen molar-refractivity contribution >= 4 is 11.4 Å². The van der Waals surface area contributed by atoms with Crippen molar-refractivity contribution in [3.8, 4) is 5.75 Å². The fourth-order valence-electron chi connectivity index (χ4n) is 1.88. The highest BCUT2D eigenvalue weighted by molar-refractivity contribution is 5.56. The average molecular weight is 290 g/mol. The molecule has 21 heavy (non-hydrogen) atoms. The molecular weight excluding hydrogens is 272 g/mol. The van der Waals surface area contributed by atoms with E-state index in [1.165, 1.54) is 12.1 Å². The van der Waals surface area contributed by atoms with Gasteiger partial charge in [-0.2, -0.15) is 5.10 Å². The van der Waals surface area contributed by atoms with Crippen LogP contribution in [0.25, 0.3) is 0 Å². The van der Waals surface area contributed by atoms with E-state index < -0.39 is 4.92 Å². The van der Waals surface area contributed by atoms with Crippen LogP contribution in [0.5, 0.6) is 5.75 Å². The van der Waals surface area contributed by atoms with Crippen LogP contribution in [0, 0.1) is 17.0 Å². The first kappa shape index (κ1) is 14.8. The number of nitrogens with zero attached hydrogens (tertiary/aromatic N) is 2. The van der Waals surface area contributed by atoms with E-state index in [4.69, 9.17) is 4.74 Å². The van der Waals surface area contributed by atoms with Crippen LogP contribution in [-0.2, 0) is 6.54 Å². The van der Waals surface area contributed by atoms with E-state index >= 15 is 0 Å². The molecule has 0 saturated heterocycles. The first-order valence-corrected chi connectivity index (χ1v) is 6.64. The van der Waals surface area contributed by atoms with Crippen LogP contribution < -0.4 is 10.1 Å². The summed E-state index contributed by atoms with van der Waals surface area (Å²) in [6, 6.07) is 4.67. The number of nitrogens with one attached hydrogen (secondary N) is 2. The number of ether oxygens (including phenoxy) is 1. The van der Waals surface area contributed by atoms with Gasteiger partial charge in [-0.15, -0.1) is 0 Å². The molecule has 1 aromatic heterocycles. The number of hydrogen-bond acceptors (Lipinski definition) is 5. The van der Waals surface area contributed by atoms with Gasteiger partial charge >= 0.3 is 0 Å². The van der Waals surface area contributed by atoms with E-state index in [1.54, 1.807) is 12.3 Å². The Labute approximate surface area is 122 Å². The van der Waals surface area contributed by atoms with Crippen LogP contribution in [0.1, 0.15) is 25.1 Å². The molecule has 112 valence electrons. The predicted octanol–water partition coefficient (Wildman–Crippen LogP) is 3.03. The summed E-state index contributed by atoms with van der Waals surface area (Å²) in [7, 11) is 0. The topological polar surface area (TPSA) is 93.1 Å². The van der Waals surface area contributed by atoms with Crippen LogP contribution in [-0.4, -0.2) is 21.2 Å². The van der Waals surface area contributed by atoms with Crippen LogP contribution >= 0.6 is 0 Å². The number of aryl methyl sites for hydroxylation is 1. The number of hydrogen-bond donors (Lipinski definition) is 2. The number of aromatic amines is 1. The second-order valence-corrected chi connectivity index (χ2v) is 5.01. The highest BCUT2D eigenvalue weighted by Gasteiger charge is 2.12. The van der Waals surface area contributed by atoms with Crippen molar-refractivity contribution in [3.05, 3.63) is 45.8 Å². The fourth-order valence-corrected chi connectivity index (χ4v) is 1.88. The molecule has 0 spiro atoms. The monoisotopic (exact) mass is 290 g/mol. The molecule has 7 nitrogen and oxygen atoms in total. The molecule has 0 saturated carbocycles. The maximum atomic E-state index is 11.0. The lowest BCUT2D eigenvalue weighted by Gasteiger charge is -2.12. The van der Waals surface area contributed by atoms with Crippen LogP contribution in [0.15, 0.2) is 24.4 Å². The summed E-state index contributed by atoms with van der Waals surface area (Å²) >= 11 is 0. The number of rotatable bonds is 6. The van der Waals surface area contributed by atoms with Crippen molar-refractivity contribution in [2.24, 2.45) is 0 Å². The summed E-state index contributed by atoms with van der Waals surface area (Å²) in [6.45, 7) is 6.21.